The van der Waals surface area contributed by atoms with Gasteiger partial charge in [-0.3, -0.25) is 0 Å². The zero-order valence-electron chi connectivity index (χ0n) is 6.31. The van der Waals surface area contributed by atoms with E-state index in [1.807, 2.05) is 0 Å². The molecule has 0 radical (unpaired) electrons. The van der Waals surface area contributed by atoms with E-state index in [0.717, 1.165) is 0 Å². The van der Waals surface area contributed by atoms with Crippen LogP contribution in [0.15, 0.2) is 18.5 Å². The number of nitrogens with zero attached hydrogens (tertiary/aromatic N) is 3. The molecule has 0 bridgehead atoms. The monoisotopic (exact) mass is 197 g/mol. The first-order chi connectivity index (χ1) is 6.18. The van der Waals surface area contributed by atoms with Gasteiger partial charge in [0.05, 0.1) is 5.52 Å². The van der Waals surface area contributed by atoms with Crippen LogP contribution in [0.5, 0.6) is 0 Å². The summed E-state index contributed by atoms with van der Waals surface area (Å²) in [5.41, 5.74) is 0.404. The molecule has 2 rings (SSSR count). The van der Waals surface area contributed by atoms with Crippen LogP contribution in [0.25, 0.3) is 5.52 Å². The Morgan fingerprint density at radius 3 is 3.00 bits per heavy atom. The molecule has 0 spiro atoms. The SMILES string of the molecule is O=C(O)c1ncn2nc(Cl)ccc12. The van der Waals surface area contributed by atoms with Gasteiger partial charge in [-0.1, -0.05) is 11.6 Å². The molecule has 0 aliphatic carbocycles. The van der Waals surface area contributed by atoms with Crippen LogP contribution in [-0.2, 0) is 0 Å². The molecule has 66 valence electrons. The predicted octanol–water partition coefficient (Wildman–Crippen LogP) is 1.08. The number of imidazole rings is 1. The van der Waals surface area contributed by atoms with Crippen LogP contribution in [0.2, 0.25) is 5.15 Å². The number of aromatic carboxylic acids is 1. The Morgan fingerprint density at radius 1 is 1.54 bits per heavy atom. The molecule has 6 heteroatoms. The Labute approximate surface area is 77.6 Å². The lowest BCUT2D eigenvalue weighted by Gasteiger charge is -1.92. The number of carbonyl (C=O) groups is 1. The van der Waals surface area contributed by atoms with Crippen molar-refractivity contribution in [2.24, 2.45) is 0 Å². The van der Waals surface area contributed by atoms with Crippen molar-refractivity contribution >= 4 is 23.1 Å². The van der Waals surface area contributed by atoms with Crippen LogP contribution in [0.3, 0.4) is 0 Å². The zero-order valence-corrected chi connectivity index (χ0v) is 7.06. The molecule has 0 atom stereocenters. The van der Waals surface area contributed by atoms with Gasteiger partial charge >= 0.3 is 5.97 Å². The van der Waals surface area contributed by atoms with Gasteiger partial charge in [-0.05, 0) is 12.1 Å². The maximum Gasteiger partial charge on any atom is 0.356 e. The van der Waals surface area contributed by atoms with E-state index in [2.05, 4.69) is 10.1 Å². The summed E-state index contributed by atoms with van der Waals surface area (Å²) in [6.07, 6.45) is 1.31. The van der Waals surface area contributed by atoms with Crippen LogP contribution in [-0.4, -0.2) is 25.7 Å². The second-order valence-electron chi connectivity index (χ2n) is 2.38. The van der Waals surface area contributed by atoms with Gasteiger partial charge in [0.2, 0.25) is 0 Å². The molecule has 1 N–H and O–H groups in total. The van der Waals surface area contributed by atoms with Gasteiger partial charge in [-0.15, -0.1) is 0 Å². The number of carboxylic acid groups (broad SMARTS) is 1. The molecule has 0 saturated heterocycles. The van der Waals surface area contributed by atoms with Crippen LogP contribution in [0.1, 0.15) is 10.5 Å². The van der Waals surface area contributed by atoms with E-state index in [9.17, 15) is 4.79 Å². The highest BCUT2D eigenvalue weighted by Crippen LogP contribution is 2.10. The summed E-state index contributed by atoms with van der Waals surface area (Å²) in [5, 5.41) is 12.8. The molecule has 0 aliphatic heterocycles. The van der Waals surface area contributed by atoms with Crippen molar-refractivity contribution in [2.75, 3.05) is 0 Å². The largest absolute Gasteiger partial charge is 0.476 e. The lowest BCUT2D eigenvalue weighted by Crippen LogP contribution is -1.98. The Bertz CT molecular complexity index is 480. The van der Waals surface area contributed by atoms with Gasteiger partial charge in [-0.2, -0.15) is 5.10 Å². The second kappa shape index (κ2) is 2.70. The number of hydrogen-bond acceptors (Lipinski definition) is 3. The van der Waals surface area contributed by atoms with E-state index < -0.39 is 5.97 Å². The van der Waals surface area contributed by atoms with Crippen molar-refractivity contribution in [2.45, 2.75) is 0 Å². The fourth-order valence-electron chi connectivity index (χ4n) is 1.03. The summed E-state index contributed by atoms with van der Waals surface area (Å²) in [6, 6.07) is 3.08. The molecule has 0 saturated carbocycles. The van der Waals surface area contributed by atoms with Gasteiger partial charge in [0, 0.05) is 0 Å². The van der Waals surface area contributed by atoms with Gasteiger partial charge in [0.1, 0.15) is 11.5 Å². The molecule has 5 nitrogen and oxygen atoms in total. The fraction of sp³-hybridized carbons (Fsp3) is 0. The highest BCUT2D eigenvalue weighted by Gasteiger charge is 2.11. The first-order valence-corrected chi connectivity index (χ1v) is 3.79. The summed E-state index contributed by atoms with van der Waals surface area (Å²) in [4.78, 5) is 14.3. The lowest BCUT2D eigenvalue weighted by atomic mass is 10.3. The van der Waals surface area contributed by atoms with E-state index in [1.54, 1.807) is 6.07 Å². The normalized spacial score (nSPS) is 10.5. The highest BCUT2D eigenvalue weighted by molar-refractivity contribution is 6.29. The summed E-state index contributed by atoms with van der Waals surface area (Å²) in [5.74, 6) is -1.08. The van der Waals surface area contributed by atoms with Gasteiger partial charge in [-0.25, -0.2) is 14.3 Å². The van der Waals surface area contributed by atoms with Crippen molar-refractivity contribution in [3.05, 3.63) is 29.3 Å². The highest BCUT2D eigenvalue weighted by atomic mass is 35.5. The number of carboxylic acids is 1. The van der Waals surface area contributed by atoms with Crippen molar-refractivity contribution < 1.29 is 9.90 Å². The first-order valence-electron chi connectivity index (χ1n) is 3.41. The zero-order chi connectivity index (χ0) is 9.42. The fourth-order valence-corrected chi connectivity index (χ4v) is 1.18. The summed E-state index contributed by atoms with van der Waals surface area (Å²) in [6.45, 7) is 0. The Hall–Kier alpha value is -1.62. The Morgan fingerprint density at radius 2 is 2.31 bits per heavy atom. The van der Waals surface area contributed by atoms with E-state index >= 15 is 0 Å². The Kier molecular flexibility index (Phi) is 1.66. The third kappa shape index (κ3) is 1.23. The minimum absolute atomic E-state index is 0.0239. The minimum Gasteiger partial charge on any atom is -0.476 e. The maximum absolute atomic E-state index is 10.6. The summed E-state index contributed by atoms with van der Waals surface area (Å²) >= 11 is 5.60. The van der Waals surface area contributed by atoms with E-state index in [0.29, 0.717) is 10.7 Å². The van der Waals surface area contributed by atoms with Gasteiger partial charge in [0.15, 0.2) is 5.69 Å². The molecule has 0 aromatic carbocycles. The topological polar surface area (TPSA) is 67.5 Å². The van der Waals surface area contributed by atoms with Crippen LogP contribution >= 0.6 is 11.6 Å². The molecular weight excluding hydrogens is 194 g/mol. The van der Waals surface area contributed by atoms with Crippen LogP contribution in [0.4, 0.5) is 0 Å². The standard InChI is InChI=1S/C7H4ClN3O2/c8-5-2-1-4-6(7(12)13)9-3-11(4)10-5/h1-3H,(H,12,13). The van der Waals surface area contributed by atoms with Crippen molar-refractivity contribution in [3.63, 3.8) is 0 Å². The molecule has 13 heavy (non-hydrogen) atoms. The number of hydrogen-bond donors (Lipinski definition) is 1. The van der Waals surface area contributed by atoms with E-state index in [-0.39, 0.29) is 5.69 Å². The second-order valence-corrected chi connectivity index (χ2v) is 2.77. The van der Waals surface area contributed by atoms with E-state index in [1.165, 1.54) is 16.9 Å². The molecule has 2 aromatic heterocycles. The number of rotatable bonds is 1. The smallest absolute Gasteiger partial charge is 0.356 e. The molecule has 2 heterocycles. The Balaban J connectivity index is 2.76. The minimum atomic E-state index is -1.08. The molecule has 0 amide bonds. The summed E-state index contributed by atoms with van der Waals surface area (Å²) in [7, 11) is 0. The first kappa shape index (κ1) is 8.00. The van der Waals surface area contributed by atoms with Crippen molar-refractivity contribution in [3.8, 4) is 0 Å². The van der Waals surface area contributed by atoms with Crippen LogP contribution in [0, 0.1) is 0 Å². The van der Waals surface area contributed by atoms with Crippen LogP contribution < -0.4 is 0 Å². The van der Waals surface area contributed by atoms with Gasteiger partial charge < -0.3 is 5.11 Å². The van der Waals surface area contributed by atoms with E-state index in [4.69, 9.17) is 16.7 Å². The van der Waals surface area contributed by atoms with Gasteiger partial charge in [0.25, 0.3) is 0 Å². The maximum atomic E-state index is 10.6. The molecule has 0 aliphatic rings. The number of halogens is 1. The van der Waals surface area contributed by atoms with Crippen molar-refractivity contribution in [1.29, 1.82) is 0 Å². The quantitative estimate of drug-likeness (QED) is 0.743. The van der Waals surface area contributed by atoms with Crippen molar-refractivity contribution in [1.82, 2.24) is 14.6 Å². The average molecular weight is 198 g/mol. The third-order valence-corrected chi connectivity index (χ3v) is 1.77. The number of fused-ring (bicyclic) bond motifs is 1. The number of aromatic nitrogens is 3. The molecule has 2 aromatic rings. The third-order valence-electron chi connectivity index (χ3n) is 1.57. The average Bonchev–Trinajstić information content (AvgIpc) is 2.46. The molecule has 0 unspecified atom stereocenters. The summed E-state index contributed by atoms with van der Waals surface area (Å²) < 4.78 is 1.33. The molecule has 0 fully saturated rings. The lowest BCUT2D eigenvalue weighted by molar-refractivity contribution is 0.0693. The predicted molar refractivity (Wildman–Crippen MR) is 45.0 cm³/mol. The molecular formula is C7H4ClN3O2.